The Labute approximate surface area is 122 Å². The minimum absolute atomic E-state index is 0.145. The zero-order valence-electron chi connectivity index (χ0n) is 11.8. The lowest BCUT2D eigenvalue weighted by molar-refractivity contribution is 0.0656. The van der Waals surface area contributed by atoms with Crippen LogP contribution in [-0.4, -0.2) is 46.4 Å². The summed E-state index contributed by atoms with van der Waals surface area (Å²) in [5.41, 5.74) is 4.69. The van der Waals surface area contributed by atoms with E-state index in [0.29, 0.717) is 11.6 Å². The molecular formula is C12H22N4O3S. The highest BCUT2D eigenvalue weighted by atomic mass is 32.1. The Hall–Kier alpha value is -1.38. The number of rotatable bonds is 8. The van der Waals surface area contributed by atoms with Gasteiger partial charge in [0.05, 0.1) is 18.8 Å². The van der Waals surface area contributed by atoms with Crippen LogP contribution in [0.3, 0.4) is 0 Å². The van der Waals surface area contributed by atoms with Crippen molar-refractivity contribution in [3.63, 3.8) is 0 Å². The Morgan fingerprint density at radius 1 is 1.40 bits per heavy atom. The first-order chi connectivity index (χ1) is 9.51. The Balaban J connectivity index is 2.84. The molecule has 1 rings (SSSR count). The van der Waals surface area contributed by atoms with Crippen LogP contribution in [-0.2, 0) is 0 Å². The van der Waals surface area contributed by atoms with Crippen molar-refractivity contribution >= 4 is 28.2 Å². The van der Waals surface area contributed by atoms with Gasteiger partial charge in [0.1, 0.15) is 10.7 Å². The van der Waals surface area contributed by atoms with Gasteiger partial charge in [-0.2, -0.15) is 0 Å². The van der Waals surface area contributed by atoms with Gasteiger partial charge in [0, 0.05) is 6.54 Å². The van der Waals surface area contributed by atoms with Gasteiger partial charge in [-0.05, 0) is 12.8 Å². The van der Waals surface area contributed by atoms with Crippen LogP contribution in [0.4, 0.5) is 10.9 Å². The summed E-state index contributed by atoms with van der Waals surface area (Å²) in [6.07, 6.45) is 1.35. The number of anilines is 2. The van der Waals surface area contributed by atoms with Crippen molar-refractivity contribution in [2.75, 3.05) is 30.8 Å². The SMILES string of the molecule is CCCNc1nc(N)c(C(=O)NC(CC)(CO)CO)s1. The fraction of sp³-hybridized carbons (Fsp3) is 0.667. The molecule has 8 heteroatoms. The highest BCUT2D eigenvalue weighted by Gasteiger charge is 2.30. The fourth-order valence-electron chi connectivity index (χ4n) is 1.54. The molecule has 20 heavy (non-hydrogen) atoms. The summed E-state index contributed by atoms with van der Waals surface area (Å²) in [4.78, 5) is 16.5. The van der Waals surface area contributed by atoms with Crippen LogP contribution in [0.25, 0.3) is 0 Å². The molecule has 0 saturated carbocycles. The van der Waals surface area contributed by atoms with E-state index < -0.39 is 11.4 Å². The number of aromatic nitrogens is 1. The number of amides is 1. The van der Waals surface area contributed by atoms with Gasteiger partial charge in [-0.15, -0.1) is 0 Å². The van der Waals surface area contributed by atoms with Crippen LogP contribution in [0.15, 0.2) is 0 Å². The Bertz CT molecular complexity index is 438. The van der Waals surface area contributed by atoms with E-state index in [1.807, 2.05) is 6.92 Å². The molecule has 1 amide bonds. The van der Waals surface area contributed by atoms with Crippen molar-refractivity contribution < 1.29 is 15.0 Å². The maximum absolute atomic E-state index is 12.2. The summed E-state index contributed by atoms with van der Waals surface area (Å²) in [6, 6.07) is 0. The van der Waals surface area contributed by atoms with Gasteiger partial charge < -0.3 is 26.6 Å². The third-order valence-corrected chi connectivity index (χ3v) is 4.07. The number of nitrogens with two attached hydrogens (primary N) is 1. The van der Waals surface area contributed by atoms with Crippen molar-refractivity contribution in [1.82, 2.24) is 10.3 Å². The maximum atomic E-state index is 12.2. The number of carbonyl (C=O) groups excluding carboxylic acids is 1. The molecule has 0 radical (unpaired) electrons. The quantitative estimate of drug-likeness (QED) is 0.474. The average Bonchev–Trinajstić information content (AvgIpc) is 2.83. The second-order valence-electron chi connectivity index (χ2n) is 4.56. The van der Waals surface area contributed by atoms with E-state index >= 15 is 0 Å². The molecule has 0 bridgehead atoms. The Morgan fingerprint density at radius 2 is 2.05 bits per heavy atom. The average molecular weight is 302 g/mol. The van der Waals surface area contributed by atoms with Gasteiger partial charge in [0.2, 0.25) is 0 Å². The summed E-state index contributed by atoms with van der Waals surface area (Å²) in [5.74, 6) is -0.290. The minimum Gasteiger partial charge on any atom is -0.394 e. The van der Waals surface area contributed by atoms with E-state index in [2.05, 4.69) is 15.6 Å². The second kappa shape index (κ2) is 7.41. The van der Waals surface area contributed by atoms with Crippen LogP contribution < -0.4 is 16.4 Å². The number of aliphatic hydroxyl groups is 2. The number of hydrogen-bond donors (Lipinski definition) is 5. The highest BCUT2D eigenvalue weighted by Crippen LogP contribution is 2.25. The molecule has 0 fully saturated rings. The van der Waals surface area contributed by atoms with Crippen molar-refractivity contribution in [2.24, 2.45) is 0 Å². The monoisotopic (exact) mass is 302 g/mol. The van der Waals surface area contributed by atoms with Gasteiger partial charge >= 0.3 is 0 Å². The smallest absolute Gasteiger partial charge is 0.265 e. The predicted octanol–water partition coefficient (Wildman–Crippen LogP) is 0.410. The van der Waals surface area contributed by atoms with Crippen LogP contribution in [0.2, 0.25) is 0 Å². The number of aliphatic hydroxyl groups excluding tert-OH is 2. The molecule has 0 aliphatic rings. The lowest BCUT2D eigenvalue weighted by Crippen LogP contribution is -2.53. The first-order valence-corrected chi connectivity index (χ1v) is 7.38. The molecule has 7 nitrogen and oxygen atoms in total. The molecule has 114 valence electrons. The summed E-state index contributed by atoms with van der Waals surface area (Å²) in [6.45, 7) is 3.86. The number of hydrogen-bond acceptors (Lipinski definition) is 7. The summed E-state index contributed by atoms with van der Waals surface area (Å²) in [7, 11) is 0. The summed E-state index contributed by atoms with van der Waals surface area (Å²) >= 11 is 1.16. The lowest BCUT2D eigenvalue weighted by Gasteiger charge is -2.29. The molecule has 1 heterocycles. The molecule has 0 saturated heterocycles. The summed E-state index contributed by atoms with van der Waals surface area (Å²) < 4.78 is 0. The molecule has 0 aliphatic carbocycles. The number of thiazole rings is 1. The Morgan fingerprint density at radius 3 is 2.55 bits per heavy atom. The van der Waals surface area contributed by atoms with Crippen LogP contribution in [0.1, 0.15) is 36.4 Å². The lowest BCUT2D eigenvalue weighted by atomic mass is 9.98. The number of nitrogens with one attached hydrogen (secondary N) is 2. The topological polar surface area (TPSA) is 120 Å². The fourth-order valence-corrected chi connectivity index (χ4v) is 2.35. The molecule has 0 atom stereocenters. The van der Waals surface area contributed by atoms with E-state index in [1.54, 1.807) is 6.92 Å². The highest BCUT2D eigenvalue weighted by molar-refractivity contribution is 7.18. The minimum atomic E-state index is -1.04. The van der Waals surface area contributed by atoms with Crippen molar-refractivity contribution in [3.8, 4) is 0 Å². The zero-order valence-corrected chi connectivity index (χ0v) is 12.6. The first kappa shape index (κ1) is 16.7. The third kappa shape index (κ3) is 3.81. The Kier molecular flexibility index (Phi) is 6.18. The van der Waals surface area contributed by atoms with Crippen molar-refractivity contribution in [2.45, 2.75) is 32.2 Å². The predicted molar refractivity (Wildman–Crippen MR) is 80.0 cm³/mol. The van der Waals surface area contributed by atoms with Crippen LogP contribution in [0, 0.1) is 0 Å². The molecule has 1 aromatic heterocycles. The van der Waals surface area contributed by atoms with E-state index in [-0.39, 0.29) is 23.9 Å². The largest absolute Gasteiger partial charge is 0.394 e. The van der Waals surface area contributed by atoms with E-state index in [9.17, 15) is 15.0 Å². The standard InChI is InChI=1S/C12H22N4O3S/c1-3-5-14-11-15-9(13)8(20-11)10(19)16-12(4-2,6-17)7-18/h17-18H,3-7,13H2,1-2H3,(H,14,15)(H,16,19). The molecule has 0 aromatic carbocycles. The molecular weight excluding hydrogens is 280 g/mol. The normalized spacial score (nSPS) is 11.4. The van der Waals surface area contributed by atoms with Gasteiger partial charge in [-0.3, -0.25) is 4.79 Å². The number of nitrogens with zero attached hydrogens (tertiary/aromatic N) is 1. The van der Waals surface area contributed by atoms with Gasteiger partial charge in [0.15, 0.2) is 5.13 Å². The molecule has 1 aromatic rings. The molecule has 0 unspecified atom stereocenters. The molecule has 0 spiro atoms. The van der Waals surface area contributed by atoms with Gasteiger partial charge in [-0.25, -0.2) is 4.98 Å². The number of nitrogen functional groups attached to an aromatic ring is 1. The van der Waals surface area contributed by atoms with E-state index in [0.717, 1.165) is 24.3 Å². The maximum Gasteiger partial charge on any atom is 0.265 e. The molecule has 6 N–H and O–H groups in total. The first-order valence-electron chi connectivity index (χ1n) is 6.56. The van der Waals surface area contributed by atoms with Crippen molar-refractivity contribution in [1.29, 1.82) is 0 Å². The van der Waals surface area contributed by atoms with Crippen LogP contribution in [0.5, 0.6) is 0 Å². The molecule has 0 aliphatic heterocycles. The summed E-state index contributed by atoms with van der Waals surface area (Å²) in [5, 5.41) is 24.9. The van der Waals surface area contributed by atoms with E-state index in [1.165, 1.54) is 0 Å². The number of carbonyl (C=O) groups is 1. The van der Waals surface area contributed by atoms with E-state index in [4.69, 9.17) is 5.73 Å². The second-order valence-corrected chi connectivity index (χ2v) is 5.56. The third-order valence-electron chi connectivity index (χ3n) is 3.05. The van der Waals surface area contributed by atoms with Gasteiger partial charge in [0.25, 0.3) is 5.91 Å². The van der Waals surface area contributed by atoms with Crippen molar-refractivity contribution in [3.05, 3.63) is 4.88 Å². The van der Waals surface area contributed by atoms with Crippen LogP contribution >= 0.6 is 11.3 Å². The van der Waals surface area contributed by atoms with Gasteiger partial charge in [-0.1, -0.05) is 25.2 Å². The zero-order chi connectivity index (χ0) is 15.2.